The number of hydrogen-bond acceptors (Lipinski definition) is 0. The third kappa shape index (κ3) is 3.00. The third-order valence-corrected chi connectivity index (χ3v) is 3.80. The Balaban J connectivity index is 2.44. The smallest absolute Gasteiger partial charge is 0.0839 e. The standard InChI is InChI=1S/C15H13Cl3/c1-9-3-4-14(10(2)5-9)15(18)11-6-12(16)8-13(17)7-11/h3-8,15H,1-2H3. The highest BCUT2D eigenvalue weighted by atomic mass is 35.5. The van der Waals surface area contributed by atoms with Gasteiger partial charge in [0.1, 0.15) is 0 Å². The quantitative estimate of drug-likeness (QED) is 0.602. The van der Waals surface area contributed by atoms with Gasteiger partial charge >= 0.3 is 0 Å². The van der Waals surface area contributed by atoms with E-state index >= 15 is 0 Å². The zero-order valence-corrected chi connectivity index (χ0v) is 12.4. The van der Waals surface area contributed by atoms with E-state index in [2.05, 4.69) is 32.0 Å². The lowest BCUT2D eigenvalue weighted by atomic mass is 9.98. The Hall–Kier alpha value is -0.690. The molecule has 0 aliphatic heterocycles. The molecule has 1 unspecified atom stereocenters. The van der Waals surface area contributed by atoms with Crippen LogP contribution in [0.2, 0.25) is 10.0 Å². The first-order chi connectivity index (χ1) is 8.47. The van der Waals surface area contributed by atoms with Crippen LogP contribution < -0.4 is 0 Å². The van der Waals surface area contributed by atoms with Gasteiger partial charge in [0.15, 0.2) is 0 Å². The van der Waals surface area contributed by atoms with Gasteiger partial charge in [-0.2, -0.15) is 0 Å². The molecule has 0 nitrogen and oxygen atoms in total. The van der Waals surface area contributed by atoms with E-state index in [1.807, 2.05) is 12.1 Å². The number of aryl methyl sites for hydroxylation is 2. The maximum Gasteiger partial charge on any atom is 0.0839 e. The fourth-order valence-electron chi connectivity index (χ4n) is 2.01. The molecule has 0 saturated heterocycles. The SMILES string of the molecule is Cc1ccc(C(Cl)c2cc(Cl)cc(Cl)c2)c(C)c1. The number of halogens is 3. The highest BCUT2D eigenvalue weighted by Crippen LogP contribution is 2.34. The summed E-state index contributed by atoms with van der Waals surface area (Å²) in [6.07, 6.45) is 0. The number of benzene rings is 2. The maximum absolute atomic E-state index is 6.52. The number of rotatable bonds is 2. The van der Waals surface area contributed by atoms with Crippen LogP contribution in [0.25, 0.3) is 0 Å². The predicted molar refractivity (Wildman–Crippen MR) is 80.1 cm³/mol. The minimum Gasteiger partial charge on any atom is -0.113 e. The molecule has 0 bridgehead atoms. The maximum atomic E-state index is 6.52. The summed E-state index contributed by atoms with van der Waals surface area (Å²) >= 11 is 18.5. The second-order valence-electron chi connectivity index (χ2n) is 4.43. The minimum absolute atomic E-state index is 0.234. The number of alkyl halides is 1. The van der Waals surface area contributed by atoms with Crippen molar-refractivity contribution in [2.24, 2.45) is 0 Å². The molecule has 1 atom stereocenters. The lowest BCUT2D eigenvalue weighted by Crippen LogP contribution is -1.97. The van der Waals surface area contributed by atoms with E-state index in [0.717, 1.165) is 11.1 Å². The van der Waals surface area contributed by atoms with Crippen molar-refractivity contribution in [1.82, 2.24) is 0 Å². The predicted octanol–water partition coefficient (Wildman–Crippen LogP) is 5.94. The van der Waals surface area contributed by atoms with Crippen LogP contribution in [0.15, 0.2) is 36.4 Å². The average Bonchev–Trinajstić information content (AvgIpc) is 2.26. The zero-order chi connectivity index (χ0) is 13.3. The summed E-state index contributed by atoms with van der Waals surface area (Å²) < 4.78 is 0. The summed E-state index contributed by atoms with van der Waals surface area (Å²) in [4.78, 5) is 0. The first-order valence-electron chi connectivity index (χ1n) is 5.64. The fraction of sp³-hybridized carbons (Fsp3) is 0.200. The normalized spacial score (nSPS) is 12.5. The molecule has 0 spiro atoms. The van der Waals surface area contributed by atoms with Gasteiger partial charge in [-0.05, 0) is 48.7 Å². The fourth-order valence-corrected chi connectivity index (χ4v) is 2.92. The van der Waals surface area contributed by atoms with Gasteiger partial charge in [0.2, 0.25) is 0 Å². The molecule has 0 heterocycles. The number of hydrogen-bond donors (Lipinski definition) is 0. The zero-order valence-electron chi connectivity index (χ0n) is 10.2. The molecule has 0 aromatic heterocycles. The van der Waals surface area contributed by atoms with Gasteiger partial charge in [-0.15, -0.1) is 11.6 Å². The molecule has 18 heavy (non-hydrogen) atoms. The molecule has 0 saturated carbocycles. The Morgan fingerprint density at radius 1 is 0.889 bits per heavy atom. The largest absolute Gasteiger partial charge is 0.113 e. The first kappa shape index (κ1) is 13.7. The van der Waals surface area contributed by atoms with Gasteiger partial charge in [0.05, 0.1) is 5.38 Å². The minimum atomic E-state index is -0.234. The topological polar surface area (TPSA) is 0 Å². The molecule has 0 radical (unpaired) electrons. The molecule has 0 fully saturated rings. The Labute approximate surface area is 122 Å². The second-order valence-corrected chi connectivity index (χ2v) is 5.73. The lowest BCUT2D eigenvalue weighted by Gasteiger charge is -2.14. The molecule has 2 rings (SSSR count). The first-order valence-corrected chi connectivity index (χ1v) is 6.84. The highest BCUT2D eigenvalue weighted by Gasteiger charge is 2.14. The Kier molecular flexibility index (Phi) is 4.21. The summed E-state index contributed by atoms with van der Waals surface area (Å²) in [5.74, 6) is 0. The van der Waals surface area contributed by atoms with Gasteiger partial charge in [0, 0.05) is 10.0 Å². The van der Waals surface area contributed by atoms with Gasteiger partial charge in [-0.1, -0.05) is 47.0 Å². The highest BCUT2D eigenvalue weighted by molar-refractivity contribution is 6.35. The molecule has 2 aromatic carbocycles. The summed E-state index contributed by atoms with van der Waals surface area (Å²) in [6, 6.07) is 11.6. The van der Waals surface area contributed by atoms with Crippen LogP contribution in [0.3, 0.4) is 0 Å². The van der Waals surface area contributed by atoms with Gasteiger partial charge in [-0.3, -0.25) is 0 Å². The molecule has 2 aromatic rings. The lowest BCUT2D eigenvalue weighted by molar-refractivity contribution is 1.10. The van der Waals surface area contributed by atoms with Crippen molar-refractivity contribution >= 4 is 34.8 Å². The molecule has 94 valence electrons. The van der Waals surface area contributed by atoms with Crippen molar-refractivity contribution in [2.45, 2.75) is 19.2 Å². The van der Waals surface area contributed by atoms with Crippen LogP contribution in [-0.2, 0) is 0 Å². The molecular weight excluding hydrogens is 287 g/mol. The van der Waals surface area contributed by atoms with Gasteiger partial charge in [-0.25, -0.2) is 0 Å². The summed E-state index contributed by atoms with van der Waals surface area (Å²) in [5, 5.41) is 0.975. The summed E-state index contributed by atoms with van der Waals surface area (Å²) in [5.41, 5.74) is 4.40. The van der Waals surface area contributed by atoms with Crippen LogP contribution in [-0.4, -0.2) is 0 Å². The van der Waals surface area contributed by atoms with Crippen molar-refractivity contribution in [2.75, 3.05) is 0 Å². The Morgan fingerprint density at radius 3 is 2.06 bits per heavy atom. The van der Waals surface area contributed by atoms with Crippen molar-refractivity contribution in [3.63, 3.8) is 0 Å². The Bertz CT molecular complexity index is 556. The van der Waals surface area contributed by atoms with Gasteiger partial charge in [0.25, 0.3) is 0 Å². The summed E-state index contributed by atoms with van der Waals surface area (Å²) in [6.45, 7) is 4.13. The van der Waals surface area contributed by atoms with Gasteiger partial charge < -0.3 is 0 Å². The molecule has 0 amide bonds. The van der Waals surface area contributed by atoms with E-state index in [4.69, 9.17) is 34.8 Å². The molecule has 0 aliphatic carbocycles. The van der Waals surface area contributed by atoms with E-state index in [1.54, 1.807) is 6.07 Å². The van der Waals surface area contributed by atoms with Crippen molar-refractivity contribution in [1.29, 1.82) is 0 Å². The van der Waals surface area contributed by atoms with E-state index in [9.17, 15) is 0 Å². The van der Waals surface area contributed by atoms with Crippen molar-refractivity contribution in [3.8, 4) is 0 Å². The van der Waals surface area contributed by atoms with Crippen molar-refractivity contribution in [3.05, 3.63) is 68.7 Å². The van der Waals surface area contributed by atoms with Crippen LogP contribution in [0, 0.1) is 13.8 Å². The van der Waals surface area contributed by atoms with Crippen LogP contribution in [0.5, 0.6) is 0 Å². The van der Waals surface area contributed by atoms with Crippen LogP contribution in [0.4, 0.5) is 0 Å². The third-order valence-electron chi connectivity index (χ3n) is 2.88. The van der Waals surface area contributed by atoms with Crippen LogP contribution in [0.1, 0.15) is 27.6 Å². The second kappa shape index (κ2) is 5.52. The molecule has 0 aliphatic rings. The Morgan fingerprint density at radius 2 is 1.50 bits per heavy atom. The van der Waals surface area contributed by atoms with Crippen molar-refractivity contribution < 1.29 is 0 Å². The molecule has 0 N–H and O–H groups in total. The van der Waals surface area contributed by atoms with E-state index in [1.165, 1.54) is 11.1 Å². The average molecular weight is 300 g/mol. The van der Waals surface area contributed by atoms with Crippen LogP contribution >= 0.6 is 34.8 Å². The molecule has 3 heteroatoms. The van der Waals surface area contributed by atoms with E-state index in [0.29, 0.717) is 10.0 Å². The van der Waals surface area contributed by atoms with E-state index < -0.39 is 0 Å². The van der Waals surface area contributed by atoms with E-state index in [-0.39, 0.29) is 5.38 Å². The monoisotopic (exact) mass is 298 g/mol. The summed E-state index contributed by atoms with van der Waals surface area (Å²) in [7, 11) is 0. The molecular formula is C15H13Cl3.